The van der Waals surface area contributed by atoms with Crippen LogP contribution < -0.4 is 0 Å². The van der Waals surface area contributed by atoms with E-state index in [1.54, 1.807) is 18.2 Å². The third kappa shape index (κ3) is 1.89. The molecule has 2 rings (SSSR count). The average Bonchev–Trinajstić information content (AvgIpc) is 2.69. The number of aromatic nitrogens is 1. The van der Waals surface area contributed by atoms with E-state index in [2.05, 4.69) is 20.9 Å². The minimum Gasteiger partial charge on any atom is -0.463 e. The van der Waals surface area contributed by atoms with Crippen LogP contribution in [0.15, 0.2) is 39.5 Å². The fourth-order valence-corrected chi connectivity index (χ4v) is 1.59. The van der Waals surface area contributed by atoms with Crippen molar-refractivity contribution in [3.63, 3.8) is 0 Å². The summed E-state index contributed by atoms with van der Waals surface area (Å²) in [6.45, 7) is 0. The molecule has 0 N–H and O–H groups in total. The van der Waals surface area contributed by atoms with E-state index in [1.807, 2.05) is 0 Å². The predicted octanol–water partition coefficient (Wildman–Crippen LogP) is 3.01. The molecule has 0 amide bonds. The summed E-state index contributed by atoms with van der Waals surface area (Å²) < 4.78 is 5.32. The molecule has 0 saturated heterocycles. The van der Waals surface area contributed by atoms with Crippen molar-refractivity contribution in [2.75, 3.05) is 0 Å². The number of nitro groups is 1. The van der Waals surface area contributed by atoms with Crippen molar-refractivity contribution >= 4 is 21.6 Å². The van der Waals surface area contributed by atoms with Gasteiger partial charge < -0.3 is 4.42 Å². The fraction of sp³-hybridized carbons (Fsp3) is 0. The van der Waals surface area contributed by atoms with Crippen LogP contribution in [0.1, 0.15) is 0 Å². The van der Waals surface area contributed by atoms with Crippen molar-refractivity contribution in [3.05, 3.63) is 45.2 Å². The normalized spacial score (nSPS) is 10.2. The maximum atomic E-state index is 10.5. The molecule has 0 atom stereocenters. The second-order valence-electron chi connectivity index (χ2n) is 2.74. The topological polar surface area (TPSA) is 69.2 Å². The zero-order valence-electron chi connectivity index (χ0n) is 7.38. The molecule has 0 radical (unpaired) electrons. The van der Waals surface area contributed by atoms with Gasteiger partial charge in [-0.3, -0.25) is 10.1 Å². The van der Waals surface area contributed by atoms with E-state index < -0.39 is 4.92 Å². The predicted molar refractivity (Wildman–Crippen MR) is 56.3 cm³/mol. The van der Waals surface area contributed by atoms with Gasteiger partial charge in [-0.25, -0.2) is 4.98 Å². The quantitative estimate of drug-likeness (QED) is 0.477. The summed E-state index contributed by atoms with van der Waals surface area (Å²) in [5, 5.41) is 10.5. The number of furan rings is 1. The minimum absolute atomic E-state index is 0.0645. The summed E-state index contributed by atoms with van der Waals surface area (Å²) in [6, 6.07) is 6.39. The van der Waals surface area contributed by atoms with Crippen molar-refractivity contribution in [1.82, 2.24) is 4.98 Å². The maximum absolute atomic E-state index is 10.5. The Morgan fingerprint density at radius 1 is 1.40 bits per heavy atom. The van der Waals surface area contributed by atoms with Crippen LogP contribution in [0.25, 0.3) is 11.5 Å². The van der Waals surface area contributed by atoms with Gasteiger partial charge in [-0.05, 0) is 34.1 Å². The minimum atomic E-state index is -0.497. The SMILES string of the molecule is O=[N+]([O-])c1ccc(-c2ccco2)nc1Br. The summed E-state index contributed by atoms with van der Waals surface area (Å²) in [7, 11) is 0. The van der Waals surface area contributed by atoms with Gasteiger partial charge in [0.1, 0.15) is 5.69 Å². The van der Waals surface area contributed by atoms with Crippen LogP contribution in [-0.2, 0) is 0 Å². The molecule has 5 nitrogen and oxygen atoms in total. The first-order valence-corrected chi connectivity index (χ1v) is 4.82. The third-order valence-corrected chi connectivity index (χ3v) is 2.38. The fourth-order valence-electron chi connectivity index (χ4n) is 1.12. The van der Waals surface area contributed by atoms with Crippen LogP contribution in [-0.4, -0.2) is 9.91 Å². The lowest BCUT2D eigenvalue weighted by Crippen LogP contribution is -1.92. The molecule has 0 spiro atoms. The molecule has 0 aliphatic rings. The van der Waals surface area contributed by atoms with Crippen molar-refractivity contribution in [1.29, 1.82) is 0 Å². The lowest BCUT2D eigenvalue weighted by atomic mass is 10.3. The van der Waals surface area contributed by atoms with Crippen LogP contribution in [0.4, 0.5) is 5.69 Å². The van der Waals surface area contributed by atoms with Gasteiger partial charge in [0.05, 0.1) is 11.2 Å². The summed E-state index contributed by atoms with van der Waals surface area (Å²) in [6.07, 6.45) is 1.52. The van der Waals surface area contributed by atoms with Gasteiger partial charge in [-0.1, -0.05) is 0 Å². The Labute approximate surface area is 93.0 Å². The largest absolute Gasteiger partial charge is 0.463 e. The summed E-state index contributed by atoms with van der Waals surface area (Å²) in [4.78, 5) is 14.1. The molecule has 0 bridgehead atoms. The Hall–Kier alpha value is -1.69. The number of rotatable bonds is 2. The molecule has 0 aliphatic carbocycles. The highest BCUT2D eigenvalue weighted by Crippen LogP contribution is 2.26. The van der Waals surface area contributed by atoms with Crippen molar-refractivity contribution in [3.8, 4) is 11.5 Å². The monoisotopic (exact) mass is 268 g/mol. The molecular weight excluding hydrogens is 264 g/mol. The molecule has 2 aromatic heterocycles. The van der Waals surface area contributed by atoms with Crippen molar-refractivity contribution in [2.24, 2.45) is 0 Å². The second kappa shape index (κ2) is 3.82. The first-order chi connectivity index (χ1) is 7.18. The van der Waals surface area contributed by atoms with E-state index in [4.69, 9.17) is 4.42 Å². The lowest BCUT2D eigenvalue weighted by molar-refractivity contribution is -0.386. The van der Waals surface area contributed by atoms with Gasteiger partial charge in [0.2, 0.25) is 0 Å². The number of halogens is 1. The summed E-state index contributed by atoms with van der Waals surface area (Å²) in [5.74, 6) is 0.575. The van der Waals surface area contributed by atoms with Gasteiger partial charge in [-0.15, -0.1) is 0 Å². The van der Waals surface area contributed by atoms with E-state index in [1.165, 1.54) is 12.3 Å². The molecule has 2 aromatic rings. The molecule has 15 heavy (non-hydrogen) atoms. The zero-order valence-corrected chi connectivity index (χ0v) is 8.97. The Morgan fingerprint density at radius 3 is 2.73 bits per heavy atom. The Kier molecular flexibility index (Phi) is 2.51. The van der Waals surface area contributed by atoms with Crippen molar-refractivity contribution < 1.29 is 9.34 Å². The highest BCUT2D eigenvalue weighted by atomic mass is 79.9. The molecule has 6 heteroatoms. The molecule has 0 aliphatic heterocycles. The van der Waals surface area contributed by atoms with Gasteiger partial charge in [-0.2, -0.15) is 0 Å². The first kappa shape index (κ1) is 9.85. The standard InChI is InChI=1S/C9H5BrN2O3/c10-9-7(12(13)14)4-3-6(11-9)8-2-1-5-15-8/h1-5H. The first-order valence-electron chi connectivity index (χ1n) is 4.03. The molecule has 0 unspecified atom stereocenters. The molecule has 2 heterocycles. The van der Waals surface area contributed by atoms with E-state index in [0.29, 0.717) is 11.5 Å². The van der Waals surface area contributed by atoms with E-state index >= 15 is 0 Å². The Balaban J connectivity index is 2.47. The van der Waals surface area contributed by atoms with Gasteiger partial charge in [0.15, 0.2) is 10.4 Å². The van der Waals surface area contributed by atoms with Gasteiger partial charge >= 0.3 is 5.69 Å². The zero-order chi connectivity index (χ0) is 10.8. The molecular formula is C9H5BrN2O3. The van der Waals surface area contributed by atoms with E-state index in [-0.39, 0.29) is 10.3 Å². The van der Waals surface area contributed by atoms with E-state index in [0.717, 1.165) is 0 Å². The highest BCUT2D eigenvalue weighted by molar-refractivity contribution is 9.10. The Bertz CT molecular complexity index is 496. The number of hydrogen-bond acceptors (Lipinski definition) is 4. The van der Waals surface area contributed by atoms with Crippen LogP contribution in [0, 0.1) is 10.1 Å². The Morgan fingerprint density at radius 2 is 2.20 bits per heavy atom. The number of hydrogen-bond donors (Lipinski definition) is 0. The van der Waals surface area contributed by atoms with Crippen LogP contribution in [0.5, 0.6) is 0 Å². The van der Waals surface area contributed by atoms with Crippen molar-refractivity contribution in [2.45, 2.75) is 0 Å². The van der Waals surface area contributed by atoms with Crippen LogP contribution in [0.3, 0.4) is 0 Å². The number of nitrogens with zero attached hydrogens (tertiary/aromatic N) is 2. The molecule has 0 saturated carbocycles. The van der Waals surface area contributed by atoms with Crippen LogP contribution in [0.2, 0.25) is 0 Å². The number of pyridine rings is 1. The summed E-state index contributed by atoms with van der Waals surface area (Å²) in [5.41, 5.74) is 0.489. The molecule has 0 fully saturated rings. The average molecular weight is 269 g/mol. The van der Waals surface area contributed by atoms with Crippen LogP contribution >= 0.6 is 15.9 Å². The van der Waals surface area contributed by atoms with E-state index in [9.17, 15) is 10.1 Å². The lowest BCUT2D eigenvalue weighted by Gasteiger charge is -1.97. The van der Waals surface area contributed by atoms with Gasteiger partial charge in [0, 0.05) is 6.07 Å². The third-order valence-electron chi connectivity index (χ3n) is 1.80. The molecule has 0 aromatic carbocycles. The highest BCUT2D eigenvalue weighted by Gasteiger charge is 2.14. The van der Waals surface area contributed by atoms with Gasteiger partial charge in [0.25, 0.3) is 0 Å². The molecule has 76 valence electrons. The second-order valence-corrected chi connectivity index (χ2v) is 3.49. The smallest absolute Gasteiger partial charge is 0.301 e. The summed E-state index contributed by atoms with van der Waals surface area (Å²) >= 11 is 3.04. The maximum Gasteiger partial charge on any atom is 0.301 e.